The maximum absolute atomic E-state index is 4.68. The van der Waals surface area contributed by atoms with E-state index in [0.29, 0.717) is 6.54 Å². The number of aliphatic imine (C=N–C) groups is 1. The van der Waals surface area contributed by atoms with Gasteiger partial charge in [-0.2, -0.15) is 0 Å². The van der Waals surface area contributed by atoms with Gasteiger partial charge in [-0.1, -0.05) is 13.0 Å². The van der Waals surface area contributed by atoms with Crippen LogP contribution in [0.2, 0.25) is 0 Å². The molecule has 0 saturated carbocycles. The zero-order valence-corrected chi connectivity index (χ0v) is 15.6. The van der Waals surface area contributed by atoms with Crippen LogP contribution in [0.5, 0.6) is 0 Å². The van der Waals surface area contributed by atoms with Crippen LogP contribution in [0.25, 0.3) is 5.65 Å². The van der Waals surface area contributed by atoms with Gasteiger partial charge in [0, 0.05) is 41.7 Å². The molecule has 0 bridgehead atoms. The summed E-state index contributed by atoms with van der Waals surface area (Å²) in [7, 11) is 0. The quantitative estimate of drug-likeness (QED) is 0.505. The highest BCUT2D eigenvalue weighted by Gasteiger charge is 2.03. The van der Waals surface area contributed by atoms with Crippen molar-refractivity contribution in [2.75, 3.05) is 13.1 Å². The first kappa shape index (κ1) is 17.5. The normalized spacial score (nSPS) is 11.8. The molecular formula is C19H25N5S. The summed E-state index contributed by atoms with van der Waals surface area (Å²) < 4.78 is 2.05. The Morgan fingerprint density at radius 2 is 2.04 bits per heavy atom. The van der Waals surface area contributed by atoms with Gasteiger partial charge in [-0.3, -0.25) is 0 Å². The third kappa shape index (κ3) is 4.82. The number of thiophene rings is 1. The monoisotopic (exact) mass is 355 g/mol. The van der Waals surface area contributed by atoms with Gasteiger partial charge in [-0.15, -0.1) is 11.3 Å². The highest BCUT2D eigenvalue weighted by atomic mass is 32.1. The minimum atomic E-state index is 0.717. The molecule has 2 N–H and O–H groups in total. The highest BCUT2D eigenvalue weighted by molar-refractivity contribution is 7.11. The molecule has 0 spiro atoms. The Kier molecular flexibility index (Phi) is 6.06. The van der Waals surface area contributed by atoms with Crippen LogP contribution in [0.3, 0.4) is 0 Å². The first-order valence-corrected chi connectivity index (χ1v) is 9.62. The van der Waals surface area contributed by atoms with Crippen molar-refractivity contribution in [1.29, 1.82) is 0 Å². The number of hydrogen-bond donors (Lipinski definition) is 2. The van der Waals surface area contributed by atoms with E-state index >= 15 is 0 Å². The number of rotatable bonds is 7. The van der Waals surface area contributed by atoms with E-state index in [1.165, 1.54) is 9.75 Å². The highest BCUT2D eigenvalue weighted by Crippen LogP contribution is 2.17. The van der Waals surface area contributed by atoms with Crippen LogP contribution in [0.4, 0.5) is 0 Å². The van der Waals surface area contributed by atoms with Gasteiger partial charge in [0.15, 0.2) is 5.96 Å². The van der Waals surface area contributed by atoms with Gasteiger partial charge < -0.3 is 15.0 Å². The lowest BCUT2D eigenvalue weighted by Gasteiger charge is -2.10. The number of guanidine groups is 1. The zero-order valence-electron chi connectivity index (χ0n) is 14.8. The molecule has 0 atom stereocenters. The molecule has 5 nitrogen and oxygen atoms in total. The number of nitrogens with one attached hydrogen (secondary N) is 2. The number of aromatic nitrogens is 2. The summed E-state index contributed by atoms with van der Waals surface area (Å²) in [6.45, 7) is 6.64. The Morgan fingerprint density at radius 3 is 2.80 bits per heavy atom. The smallest absolute Gasteiger partial charge is 0.191 e. The van der Waals surface area contributed by atoms with Crippen molar-refractivity contribution in [3.8, 4) is 0 Å². The van der Waals surface area contributed by atoms with Crippen molar-refractivity contribution >= 4 is 22.9 Å². The molecule has 3 heterocycles. The van der Waals surface area contributed by atoms with Crippen LogP contribution in [0.1, 0.15) is 29.3 Å². The Morgan fingerprint density at radius 1 is 1.16 bits per heavy atom. The molecule has 0 aliphatic carbocycles. The zero-order chi connectivity index (χ0) is 17.5. The summed E-state index contributed by atoms with van der Waals surface area (Å²) in [6.07, 6.45) is 6.06. The SMILES string of the molecule is CCNC(=NCc1ccc(CC)s1)NCCc1cn2ccccc2n1. The van der Waals surface area contributed by atoms with Crippen LogP contribution in [0.15, 0.2) is 47.7 Å². The van der Waals surface area contributed by atoms with Crippen molar-refractivity contribution in [3.63, 3.8) is 0 Å². The first-order chi connectivity index (χ1) is 12.3. The summed E-state index contributed by atoms with van der Waals surface area (Å²) >= 11 is 1.84. The molecule has 0 amide bonds. The van der Waals surface area contributed by atoms with E-state index < -0.39 is 0 Å². The van der Waals surface area contributed by atoms with Crippen molar-refractivity contribution in [1.82, 2.24) is 20.0 Å². The van der Waals surface area contributed by atoms with Gasteiger partial charge >= 0.3 is 0 Å². The number of hydrogen-bond acceptors (Lipinski definition) is 3. The van der Waals surface area contributed by atoms with E-state index in [0.717, 1.165) is 43.2 Å². The van der Waals surface area contributed by atoms with Gasteiger partial charge in [0.05, 0.1) is 12.2 Å². The largest absolute Gasteiger partial charge is 0.357 e. The fourth-order valence-electron chi connectivity index (χ4n) is 2.61. The Labute approximate surface area is 152 Å². The van der Waals surface area contributed by atoms with Crippen LogP contribution < -0.4 is 10.6 Å². The lowest BCUT2D eigenvalue weighted by atomic mass is 10.3. The molecule has 0 aliphatic rings. The van der Waals surface area contributed by atoms with Crippen molar-refractivity contribution in [2.24, 2.45) is 4.99 Å². The van der Waals surface area contributed by atoms with Crippen LogP contribution in [0, 0.1) is 0 Å². The predicted molar refractivity (Wildman–Crippen MR) is 105 cm³/mol. The maximum atomic E-state index is 4.68. The van der Waals surface area contributed by atoms with Crippen LogP contribution in [-0.2, 0) is 19.4 Å². The standard InChI is InChI=1S/C19H25N5S/c1-3-16-8-9-17(25-16)13-22-19(20-4-2)21-11-10-15-14-24-12-6-5-7-18(24)23-15/h5-9,12,14H,3-4,10-11,13H2,1-2H3,(H2,20,21,22). The van der Waals surface area contributed by atoms with Gasteiger partial charge in [0.1, 0.15) is 5.65 Å². The average Bonchev–Trinajstić information content (AvgIpc) is 3.25. The van der Waals surface area contributed by atoms with Crippen LogP contribution >= 0.6 is 11.3 Å². The number of aryl methyl sites for hydroxylation is 1. The molecule has 3 rings (SSSR count). The molecule has 25 heavy (non-hydrogen) atoms. The van der Waals surface area contributed by atoms with Crippen molar-refractivity contribution < 1.29 is 0 Å². The molecule has 0 aromatic carbocycles. The number of nitrogens with zero attached hydrogens (tertiary/aromatic N) is 3. The molecule has 0 saturated heterocycles. The lowest BCUT2D eigenvalue weighted by molar-refractivity contribution is 0.792. The Bertz CT molecular complexity index is 800. The Balaban J connectivity index is 1.54. The molecule has 3 aromatic heterocycles. The number of imidazole rings is 1. The average molecular weight is 356 g/mol. The number of pyridine rings is 1. The molecule has 0 unspecified atom stereocenters. The third-order valence-electron chi connectivity index (χ3n) is 3.89. The van der Waals surface area contributed by atoms with E-state index in [1.807, 2.05) is 35.7 Å². The summed E-state index contributed by atoms with van der Waals surface area (Å²) in [5.41, 5.74) is 2.07. The molecule has 0 radical (unpaired) electrons. The minimum absolute atomic E-state index is 0.717. The molecule has 3 aromatic rings. The summed E-state index contributed by atoms with van der Waals surface area (Å²) in [5.74, 6) is 0.859. The van der Waals surface area contributed by atoms with Gasteiger partial charge in [0.2, 0.25) is 0 Å². The van der Waals surface area contributed by atoms with E-state index in [1.54, 1.807) is 0 Å². The summed E-state index contributed by atoms with van der Waals surface area (Å²) in [5, 5.41) is 6.70. The second kappa shape index (κ2) is 8.67. The molecule has 0 fully saturated rings. The maximum Gasteiger partial charge on any atom is 0.191 e. The van der Waals surface area contributed by atoms with Crippen molar-refractivity contribution in [2.45, 2.75) is 33.2 Å². The fourth-order valence-corrected chi connectivity index (χ4v) is 3.50. The van der Waals surface area contributed by atoms with E-state index in [2.05, 4.69) is 57.2 Å². The summed E-state index contributed by atoms with van der Waals surface area (Å²) in [4.78, 5) is 12.0. The second-order valence-corrected chi connectivity index (χ2v) is 7.04. The van der Waals surface area contributed by atoms with Gasteiger partial charge in [-0.05, 0) is 37.6 Å². The van der Waals surface area contributed by atoms with E-state index in [9.17, 15) is 0 Å². The predicted octanol–water partition coefficient (Wildman–Crippen LogP) is 3.26. The fraction of sp³-hybridized carbons (Fsp3) is 0.368. The molecule has 0 aliphatic heterocycles. The molecule has 6 heteroatoms. The third-order valence-corrected chi connectivity index (χ3v) is 5.10. The second-order valence-electron chi connectivity index (χ2n) is 5.79. The minimum Gasteiger partial charge on any atom is -0.357 e. The van der Waals surface area contributed by atoms with Crippen LogP contribution in [-0.4, -0.2) is 28.4 Å². The van der Waals surface area contributed by atoms with Crippen molar-refractivity contribution in [3.05, 3.63) is 58.2 Å². The Hall–Kier alpha value is -2.34. The van der Waals surface area contributed by atoms with Gasteiger partial charge in [-0.25, -0.2) is 9.98 Å². The summed E-state index contributed by atoms with van der Waals surface area (Å²) in [6, 6.07) is 10.4. The lowest BCUT2D eigenvalue weighted by Crippen LogP contribution is -2.38. The number of fused-ring (bicyclic) bond motifs is 1. The topological polar surface area (TPSA) is 53.7 Å². The van der Waals surface area contributed by atoms with E-state index in [-0.39, 0.29) is 0 Å². The molecular weight excluding hydrogens is 330 g/mol. The van der Waals surface area contributed by atoms with E-state index in [4.69, 9.17) is 0 Å². The van der Waals surface area contributed by atoms with Gasteiger partial charge in [0.25, 0.3) is 0 Å². The first-order valence-electron chi connectivity index (χ1n) is 8.81. The molecule has 132 valence electrons.